The fourth-order valence-corrected chi connectivity index (χ4v) is 2.20. The molecule has 1 aromatic carbocycles. The van der Waals surface area contributed by atoms with E-state index < -0.39 is 0 Å². The van der Waals surface area contributed by atoms with Crippen LogP contribution in [-0.4, -0.2) is 13.7 Å². The molecule has 0 fully saturated rings. The van der Waals surface area contributed by atoms with Crippen LogP contribution in [0.4, 0.5) is 0 Å². The van der Waals surface area contributed by atoms with Crippen LogP contribution < -0.4 is 10.5 Å². The molecule has 0 aromatic heterocycles. The van der Waals surface area contributed by atoms with Crippen LogP contribution in [0.25, 0.3) is 0 Å². The van der Waals surface area contributed by atoms with Crippen LogP contribution in [-0.2, 0) is 0 Å². The third-order valence-corrected chi connectivity index (χ3v) is 3.15. The highest BCUT2D eigenvalue weighted by Gasteiger charge is 2.15. The Hall–Kier alpha value is -0.730. The molecule has 0 spiro atoms. The van der Waals surface area contributed by atoms with Gasteiger partial charge in [-0.2, -0.15) is 0 Å². The largest absolute Gasteiger partial charge is 0.496 e. The number of nitrogens with two attached hydrogens (primary N) is 1. The second-order valence-corrected chi connectivity index (χ2v) is 4.82. The van der Waals surface area contributed by atoms with Crippen molar-refractivity contribution in [3.05, 3.63) is 28.3 Å². The minimum atomic E-state index is 0.299. The quantitative estimate of drug-likeness (QED) is 0.875. The van der Waals surface area contributed by atoms with Crippen molar-refractivity contribution in [2.45, 2.75) is 32.6 Å². The van der Waals surface area contributed by atoms with E-state index in [0.29, 0.717) is 18.4 Å². The number of halogens is 1. The zero-order valence-corrected chi connectivity index (χ0v) is 11.1. The molecular weight excluding hydrogens is 222 g/mol. The maximum Gasteiger partial charge on any atom is 0.124 e. The third kappa shape index (κ3) is 2.69. The van der Waals surface area contributed by atoms with Gasteiger partial charge in [-0.05, 0) is 36.1 Å². The molecule has 3 heteroatoms. The average molecular weight is 242 g/mol. The third-order valence-electron chi connectivity index (χ3n) is 2.83. The Morgan fingerprint density at radius 2 is 1.94 bits per heavy atom. The molecule has 0 amide bonds. The predicted molar refractivity (Wildman–Crippen MR) is 69.6 cm³/mol. The van der Waals surface area contributed by atoms with Gasteiger partial charge in [-0.25, -0.2) is 0 Å². The molecule has 0 aliphatic carbocycles. The van der Waals surface area contributed by atoms with Crippen molar-refractivity contribution >= 4 is 11.6 Å². The normalized spacial score (nSPS) is 12.9. The van der Waals surface area contributed by atoms with Crippen LogP contribution >= 0.6 is 11.6 Å². The van der Waals surface area contributed by atoms with Gasteiger partial charge in [0.15, 0.2) is 0 Å². The smallest absolute Gasteiger partial charge is 0.124 e. The maximum atomic E-state index is 6.29. The summed E-state index contributed by atoms with van der Waals surface area (Å²) in [5, 5.41) is 0.768. The summed E-state index contributed by atoms with van der Waals surface area (Å²) in [5.74, 6) is 1.51. The van der Waals surface area contributed by atoms with Crippen LogP contribution in [0, 0.1) is 0 Å². The lowest BCUT2D eigenvalue weighted by atomic mass is 9.95. The van der Waals surface area contributed by atoms with Gasteiger partial charge in [-0.15, -0.1) is 0 Å². The Balaban J connectivity index is 3.26. The summed E-state index contributed by atoms with van der Waals surface area (Å²) in [6, 6.07) is 4.04. The monoisotopic (exact) mass is 241 g/mol. The van der Waals surface area contributed by atoms with Crippen LogP contribution in [0.2, 0.25) is 5.02 Å². The van der Waals surface area contributed by atoms with E-state index >= 15 is 0 Å². The molecule has 0 radical (unpaired) electrons. The molecular formula is C13H20ClNO. The maximum absolute atomic E-state index is 6.29. The van der Waals surface area contributed by atoms with Gasteiger partial charge < -0.3 is 10.5 Å². The summed E-state index contributed by atoms with van der Waals surface area (Å²) in [7, 11) is 1.68. The molecule has 0 saturated heterocycles. The summed E-state index contributed by atoms with van der Waals surface area (Å²) in [5.41, 5.74) is 7.86. The van der Waals surface area contributed by atoms with Gasteiger partial charge in [0.2, 0.25) is 0 Å². The highest BCUT2D eigenvalue weighted by molar-refractivity contribution is 6.31. The molecule has 0 heterocycles. The van der Waals surface area contributed by atoms with Crippen molar-refractivity contribution in [2.75, 3.05) is 13.7 Å². The van der Waals surface area contributed by atoms with Crippen LogP contribution in [0.5, 0.6) is 5.75 Å². The highest BCUT2D eigenvalue weighted by atomic mass is 35.5. The number of ether oxygens (including phenoxy) is 1. The van der Waals surface area contributed by atoms with Crippen molar-refractivity contribution < 1.29 is 4.74 Å². The molecule has 0 aliphatic rings. The Kier molecular flexibility index (Phi) is 4.63. The lowest BCUT2D eigenvalue weighted by Gasteiger charge is -2.18. The topological polar surface area (TPSA) is 35.2 Å². The zero-order valence-electron chi connectivity index (χ0n) is 10.4. The Morgan fingerprint density at radius 3 is 2.38 bits per heavy atom. The first kappa shape index (κ1) is 13.3. The molecule has 0 saturated carbocycles. The lowest BCUT2D eigenvalue weighted by Crippen LogP contribution is -2.09. The number of benzene rings is 1. The number of methoxy groups -OCH3 is 1. The van der Waals surface area contributed by atoms with Crippen molar-refractivity contribution in [3.63, 3.8) is 0 Å². The first-order chi connectivity index (χ1) is 7.51. The Bertz CT molecular complexity index is 363. The summed E-state index contributed by atoms with van der Waals surface area (Å²) in [4.78, 5) is 0. The summed E-state index contributed by atoms with van der Waals surface area (Å²) in [6.07, 6.45) is 0. The van der Waals surface area contributed by atoms with Crippen LogP contribution in [0.1, 0.15) is 43.7 Å². The molecule has 1 rings (SSSR count). The Morgan fingerprint density at radius 1 is 1.31 bits per heavy atom. The fraction of sp³-hybridized carbons (Fsp3) is 0.538. The van der Waals surface area contributed by atoms with E-state index in [4.69, 9.17) is 22.1 Å². The molecule has 2 N–H and O–H groups in total. The van der Waals surface area contributed by atoms with Gasteiger partial charge in [-0.3, -0.25) is 0 Å². The van der Waals surface area contributed by atoms with E-state index in [1.807, 2.05) is 12.1 Å². The van der Waals surface area contributed by atoms with Crippen molar-refractivity contribution in [3.8, 4) is 5.75 Å². The molecule has 0 aliphatic heterocycles. The van der Waals surface area contributed by atoms with E-state index in [-0.39, 0.29) is 0 Å². The fourth-order valence-electron chi connectivity index (χ4n) is 1.76. The second-order valence-electron chi connectivity index (χ2n) is 4.41. The Labute approximate surface area is 103 Å². The molecule has 1 aromatic rings. The van der Waals surface area contributed by atoms with E-state index in [1.165, 1.54) is 0 Å². The second kappa shape index (κ2) is 5.55. The standard InChI is InChI=1S/C13H20ClNO/c1-8(2)13-11(14)5-10(9(3)7-15)6-12(13)16-4/h5-6,8-9H,7,15H2,1-4H3. The van der Waals surface area contributed by atoms with Gasteiger partial charge in [0.1, 0.15) is 5.75 Å². The zero-order chi connectivity index (χ0) is 12.3. The van der Waals surface area contributed by atoms with Gasteiger partial charge in [0.25, 0.3) is 0 Å². The molecule has 16 heavy (non-hydrogen) atoms. The van der Waals surface area contributed by atoms with E-state index in [9.17, 15) is 0 Å². The van der Waals surface area contributed by atoms with Crippen molar-refractivity contribution in [2.24, 2.45) is 5.73 Å². The van der Waals surface area contributed by atoms with E-state index in [0.717, 1.165) is 21.9 Å². The minimum absolute atomic E-state index is 0.299. The minimum Gasteiger partial charge on any atom is -0.496 e. The SMILES string of the molecule is COc1cc(C(C)CN)cc(Cl)c1C(C)C. The molecule has 1 unspecified atom stereocenters. The van der Waals surface area contributed by atoms with Crippen molar-refractivity contribution in [1.82, 2.24) is 0 Å². The summed E-state index contributed by atoms with van der Waals surface area (Å²) < 4.78 is 5.40. The number of hydrogen-bond donors (Lipinski definition) is 1. The van der Waals surface area contributed by atoms with Gasteiger partial charge in [-0.1, -0.05) is 32.4 Å². The molecule has 90 valence electrons. The summed E-state index contributed by atoms with van der Waals surface area (Å²) >= 11 is 6.29. The number of rotatable bonds is 4. The van der Waals surface area contributed by atoms with Crippen LogP contribution in [0.15, 0.2) is 12.1 Å². The highest BCUT2D eigenvalue weighted by Crippen LogP contribution is 2.36. The van der Waals surface area contributed by atoms with Gasteiger partial charge in [0.05, 0.1) is 7.11 Å². The average Bonchev–Trinajstić information content (AvgIpc) is 2.26. The van der Waals surface area contributed by atoms with Crippen LogP contribution in [0.3, 0.4) is 0 Å². The van der Waals surface area contributed by atoms with E-state index in [1.54, 1.807) is 7.11 Å². The summed E-state index contributed by atoms with van der Waals surface area (Å²) in [6.45, 7) is 6.91. The molecule has 0 bridgehead atoms. The predicted octanol–water partition coefficient (Wildman–Crippen LogP) is 3.53. The van der Waals surface area contributed by atoms with Gasteiger partial charge >= 0.3 is 0 Å². The molecule has 2 nitrogen and oxygen atoms in total. The number of hydrogen-bond acceptors (Lipinski definition) is 2. The first-order valence-electron chi connectivity index (χ1n) is 5.58. The van der Waals surface area contributed by atoms with Crippen molar-refractivity contribution in [1.29, 1.82) is 0 Å². The van der Waals surface area contributed by atoms with E-state index in [2.05, 4.69) is 20.8 Å². The molecule has 1 atom stereocenters. The first-order valence-corrected chi connectivity index (χ1v) is 5.96. The lowest BCUT2D eigenvalue weighted by molar-refractivity contribution is 0.406. The van der Waals surface area contributed by atoms with Gasteiger partial charge in [0, 0.05) is 10.6 Å².